The van der Waals surface area contributed by atoms with Gasteiger partial charge in [0.05, 0.1) is 5.69 Å². The Hall–Kier alpha value is -1.89. The monoisotopic (exact) mass is 330 g/mol. The second kappa shape index (κ2) is 5.40. The number of hydrogen-bond acceptors (Lipinski definition) is 2. The maximum absolute atomic E-state index is 13.4. The van der Waals surface area contributed by atoms with Gasteiger partial charge in [0.2, 0.25) is 0 Å². The van der Waals surface area contributed by atoms with Crippen molar-refractivity contribution >= 4 is 27.5 Å². The minimum absolute atomic E-state index is 0.00614. The number of pyridine rings is 1. The third-order valence-corrected chi connectivity index (χ3v) is 2.90. The fourth-order valence-corrected chi connectivity index (χ4v) is 1.79. The van der Waals surface area contributed by atoms with E-state index in [1.807, 2.05) is 0 Å². The third kappa shape index (κ3) is 2.76. The first kappa shape index (κ1) is 13.5. The number of amides is 1. The molecule has 0 fully saturated rings. The highest BCUT2D eigenvalue weighted by atomic mass is 79.9. The van der Waals surface area contributed by atoms with Gasteiger partial charge in [-0.3, -0.25) is 4.79 Å². The highest BCUT2D eigenvalue weighted by Crippen LogP contribution is 2.21. The topological polar surface area (TPSA) is 42.0 Å². The molecular formula is C12H6BrF3N2O. The zero-order valence-corrected chi connectivity index (χ0v) is 10.8. The van der Waals surface area contributed by atoms with Crippen molar-refractivity contribution in [3.63, 3.8) is 0 Å². The Labute approximate surface area is 114 Å². The van der Waals surface area contributed by atoms with Crippen LogP contribution in [0, 0.1) is 17.5 Å². The number of carbonyl (C=O) groups excluding carboxylic acids is 1. The Kier molecular flexibility index (Phi) is 3.84. The van der Waals surface area contributed by atoms with Gasteiger partial charge in [-0.2, -0.15) is 0 Å². The molecule has 0 aliphatic rings. The average Bonchev–Trinajstić information content (AvgIpc) is 2.40. The summed E-state index contributed by atoms with van der Waals surface area (Å²) >= 11 is 3.10. The lowest BCUT2D eigenvalue weighted by Crippen LogP contribution is -2.15. The molecule has 0 unspecified atom stereocenters. The molecule has 0 aliphatic heterocycles. The van der Waals surface area contributed by atoms with Gasteiger partial charge in [-0.25, -0.2) is 18.2 Å². The molecule has 0 bridgehead atoms. The predicted molar refractivity (Wildman–Crippen MR) is 66.2 cm³/mol. The molecule has 0 saturated heterocycles. The second-order valence-electron chi connectivity index (χ2n) is 3.51. The van der Waals surface area contributed by atoms with Gasteiger partial charge in [0.1, 0.15) is 5.69 Å². The Balaban J connectivity index is 2.30. The summed E-state index contributed by atoms with van der Waals surface area (Å²) in [5, 5.41) is 2.12. The number of aromatic nitrogens is 1. The summed E-state index contributed by atoms with van der Waals surface area (Å²) < 4.78 is 39.5. The summed E-state index contributed by atoms with van der Waals surface area (Å²) in [5.74, 6) is -5.16. The van der Waals surface area contributed by atoms with E-state index in [4.69, 9.17) is 0 Å². The number of carbonyl (C=O) groups is 1. The molecule has 2 rings (SSSR count). The van der Waals surface area contributed by atoms with Crippen LogP contribution >= 0.6 is 15.9 Å². The van der Waals surface area contributed by atoms with Gasteiger partial charge in [-0.1, -0.05) is 0 Å². The first-order valence-electron chi connectivity index (χ1n) is 5.06. The van der Waals surface area contributed by atoms with Crippen LogP contribution in [-0.4, -0.2) is 10.9 Å². The molecule has 1 amide bonds. The van der Waals surface area contributed by atoms with Crippen LogP contribution in [0.5, 0.6) is 0 Å². The molecule has 1 aromatic carbocycles. The van der Waals surface area contributed by atoms with Gasteiger partial charge in [0.25, 0.3) is 5.91 Å². The van der Waals surface area contributed by atoms with Crippen molar-refractivity contribution in [1.82, 2.24) is 4.98 Å². The van der Waals surface area contributed by atoms with Crippen LogP contribution in [0.4, 0.5) is 18.9 Å². The largest absolute Gasteiger partial charge is 0.318 e. The number of halogens is 4. The third-order valence-electron chi connectivity index (χ3n) is 2.26. The molecule has 7 heteroatoms. The van der Waals surface area contributed by atoms with E-state index in [1.54, 1.807) is 12.1 Å². The quantitative estimate of drug-likeness (QED) is 0.856. The normalized spacial score (nSPS) is 10.3. The summed E-state index contributed by atoms with van der Waals surface area (Å²) in [5.41, 5.74) is -0.451. The van der Waals surface area contributed by atoms with Crippen LogP contribution in [0.3, 0.4) is 0 Å². The Morgan fingerprint density at radius 2 is 1.89 bits per heavy atom. The maximum Gasteiger partial charge on any atom is 0.275 e. The average molecular weight is 331 g/mol. The van der Waals surface area contributed by atoms with Gasteiger partial charge >= 0.3 is 0 Å². The van der Waals surface area contributed by atoms with Crippen LogP contribution in [0.2, 0.25) is 0 Å². The van der Waals surface area contributed by atoms with Gasteiger partial charge < -0.3 is 5.32 Å². The predicted octanol–water partition coefficient (Wildman–Crippen LogP) is 3.51. The fourth-order valence-electron chi connectivity index (χ4n) is 1.36. The SMILES string of the molecule is O=C(Nc1ccc(F)c(F)c1F)c1ncccc1Br. The lowest BCUT2D eigenvalue weighted by molar-refractivity contribution is 0.102. The Morgan fingerprint density at radius 1 is 1.16 bits per heavy atom. The molecule has 1 N–H and O–H groups in total. The zero-order chi connectivity index (χ0) is 14.0. The van der Waals surface area contributed by atoms with Gasteiger partial charge in [0, 0.05) is 10.7 Å². The van der Waals surface area contributed by atoms with Crippen molar-refractivity contribution in [2.45, 2.75) is 0 Å². The molecule has 2 aromatic rings. The molecule has 19 heavy (non-hydrogen) atoms. The molecule has 1 heterocycles. The van der Waals surface area contributed by atoms with Gasteiger partial charge in [0.15, 0.2) is 17.5 Å². The summed E-state index contributed by atoms with van der Waals surface area (Å²) in [6.07, 6.45) is 1.38. The van der Waals surface area contributed by atoms with E-state index in [1.165, 1.54) is 6.20 Å². The van der Waals surface area contributed by atoms with Gasteiger partial charge in [-0.05, 0) is 40.2 Å². The van der Waals surface area contributed by atoms with Gasteiger partial charge in [-0.15, -0.1) is 0 Å². The minimum Gasteiger partial charge on any atom is -0.318 e. The van der Waals surface area contributed by atoms with E-state index < -0.39 is 29.0 Å². The summed E-state index contributed by atoms with van der Waals surface area (Å²) in [4.78, 5) is 15.6. The van der Waals surface area contributed by atoms with Crippen LogP contribution in [0.1, 0.15) is 10.5 Å². The smallest absolute Gasteiger partial charge is 0.275 e. The maximum atomic E-state index is 13.4. The number of rotatable bonds is 2. The molecule has 0 saturated carbocycles. The molecule has 0 atom stereocenters. The number of anilines is 1. The van der Waals surface area contributed by atoms with Crippen molar-refractivity contribution in [1.29, 1.82) is 0 Å². The molecule has 3 nitrogen and oxygen atoms in total. The van der Waals surface area contributed by atoms with Crippen LogP contribution in [0.15, 0.2) is 34.9 Å². The fraction of sp³-hybridized carbons (Fsp3) is 0. The lowest BCUT2D eigenvalue weighted by atomic mass is 10.2. The van der Waals surface area contributed by atoms with E-state index in [-0.39, 0.29) is 5.69 Å². The van der Waals surface area contributed by atoms with Crippen molar-refractivity contribution in [3.05, 3.63) is 58.1 Å². The van der Waals surface area contributed by atoms with E-state index >= 15 is 0 Å². The number of nitrogens with zero attached hydrogens (tertiary/aromatic N) is 1. The molecule has 0 spiro atoms. The minimum atomic E-state index is -1.64. The Morgan fingerprint density at radius 3 is 2.58 bits per heavy atom. The zero-order valence-electron chi connectivity index (χ0n) is 9.25. The van der Waals surface area contributed by atoms with Crippen molar-refractivity contribution in [3.8, 4) is 0 Å². The number of nitrogens with one attached hydrogen (secondary N) is 1. The molecule has 98 valence electrons. The molecule has 0 radical (unpaired) electrons. The van der Waals surface area contributed by atoms with Crippen LogP contribution < -0.4 is 5.32 Å². The summed E-state index contributed by atoms with van der Waals surface area (Å²) in [6, 6.07) is 4.83. The first-order valence-corrected chi connectivity index (χ1v) is 5.85. The highest BCUT2D eigenvalue weighted by Gasteiger charge is 2.17. The highest BCUT2D eigenvalue weighted by molar-refractivity contribution is 9.10. The summed E-state index contributed by atoms with van der Waals surface area (Å²) in [6.45, 7) is 0. The van der Waals surface area contributed by atoms with E-state index in [0.29, 0.717) is 4.47 Å². The van der Waals surface area contributed by atoms with E-state index in [9.17, 15) is 18.0 Å². The molecule has 1 aromatic heterocycles. The lowest BCUT2D eigenvalue weighted by Gasteiger charge is -2.07. The van der Waals surface area contributed by atoms with Crippen molar-refractivity contribution < 1.29 is 18.0 Å². The molecular weight excluding hydrogens is 325 g/mol. The molecule has 0 aliphatic carbocycles. The van der Waals surface area contributed by atoms with E-state index in [0.717, 1.165) is 12.1 Å². The van der Waals surface area contributed by atoms with Crippen LogP contribution in [-0.2, 0) is 0 Å². The van der Waals surface area contributed by atoms with Crippen molar-refractivity contribution in [2.75, 3.05) is 5.32 Å². The number of hydrogen-bond donors (Lipinski definition) is 1. The van der Waals surface area contributed by atoms with Crippen LogP contribution in [0.25, 0.3) is 0 Å². The van der Waals surface area contributed by atoms with Crippen molar-refractivity contribution in [2.24, 2.45) is 0 Å². The van der Waals surface area contributed by atoms with E-state index in [2.05, 4.69) is 26.2 Å². The standard InChI is InChI=1S/C12H6BrF3N2O/c13-6-2-1-5-17-11(6)12(19)18-8-4-3-7(14)9(15)10(8)16/h1-5H,(H,18,19). The second-order valence-corrected chi connectivity index (χ2v) is 4.37. The first-order chi connectivity index (χ1) is 9.00. The number of benzene rings is 1. The summed E-state index contributed by atoms with van der Waals surface area (Å²) in [7, 11) is 0. The Bertz CT molecular complexity index is 649.